The van der Waals surface area contributed by atoms with Crippen LogP contribution in [0.2, 0.25) is 0 Å². The summed E-state index contributed by atoms with van der Waals surface area (Å²) in [5.41, 5.74) is 2.51. The van der Waals surface area contributed by atoms with Crippen molar-refractivity contribution in [2.24, 2.45) is 0 Å². The van der Waals surface area contributed by atoms with Crippen molar-refractivity contribution in [2.45, 2.75) is 38.4 Å². The van der Waals surface area contributed by atoms with Gasteiger partial charge < -0.3 is 4.90 Å². The standard InChI is InChI=1S/C21H27FN2/c1-23-14-5-8-21(23)13-15-24(16-18-6-3-2-4-7-18)17-19-9-11-20(22)12-10-19/h2-4,6-7,9-12,21H,5,8,13-17H2,1H3. The van der Waals surface area contributed by atoms with Crippen LogP contribution in [0.5, 0.6) is 0 Å². The quantitative estimate of drug-likeness (QED) is 0.748. The number of hydrogen-bond donors (Lipinski definition) is 0. The van der Waals surface area contributed by atoms with Crippen molar-refractivity contribution in [3.63, 3.8) is 0 Å². The highest BCUT2D eigenvalue weighted by Gasteiger charge is 2.21. The average molecular weight is 326 g/mol. The summed E-state index contributed by atoms with van der Waals surface area (Å²) in [5, 5.41) is 0. The topological polar surface area (TPSA) is 6.48 Å². The van der Waals surface area contributed by atoms with E-state index in [-0.39, 0.29) is 5.82 Å². The van der Waals surface area contributed by atoms with Gasteiger partial charge in [-0.15, -0.1) is 0 Å². The fourth-order valence-corrected chi connectivity index (χ4v) is 3.58. The summed E-state index contributed by atoms with van der Waals surface area (Å²) in [7, 11) is 2.24. The second-order valence-electron chi connectivity index (χ2n) is 6.89. The Hall–Kier alpha value is -1.71. The van der Waals surface area contributed by atoms with Gasteiger partial charge in [0.2, 0.25) is 0 Å². The van der Waals surface area contributed by atoms with Crippen LogP contribution in [-0.4, -0.2) is 36.0 Å². The minimum absolute atomic E-state index is 0.166. The van der Waals surface area contributed by atoms with Crippen molar-refractivity contribution in [2.75, 3.05) is 20.1 Å². The molecule has 1 aliphatic heterocycles. The maximum absolute atomic E-state index is 13.1. The Bertz CT molecular complexity index is 611. The molecule has 1 heterocycles. The SMILES string of the molecule is CN1CCCC1CCN(Cc1ccccc1)Cc1ccc(F)cc1. The third-order valence-electron chi connectivity index (χ3n) is 5.02. The number of nitrogens with zero attached hydrogens (tertiary/aromatic N) is 2. The Balaban J connectivity index is 1.64. The molecule has 2 aromatic carbocycles. The molecule has 2 aromatic rings. The van der Waals surface area contributed by atoms with Gasteiger partial charge in [0.05, 0.1) is 0 Å². The highest BCUT2D eigenvalue weighted by atomic mass is 19.1. The molecule has 1 aliphatic rings. The van der Waals surface area contributed by atoms with Crippen LogP contribution in [-0.2, 0) is 13.1 Å². The van der Waals surface area contributed by atoms with Crippen LogP contribution in [0.4, 0.5) is 4.39 Å². The van der Waals surface area contributed by atoms with E-state index in [0.29, 0.717) is 6.04 Å². The summed E-state index contributed by atoms with van der Waals surface area (Å²) in [6.07, 6.45) is 3.83. The van der Waals surface area contributed by atoms with E-state index in [4.69, 9.17) is 0 Å². The van der Waals surface area contributed by atoms with Crippen LogP contribution in [0, 0.1) is 5.82 Å². The summed E-state index contributed by atoms with van der Waals surface area (Å²) >= 11 is 0. The monoisotopic (exact) mass is 326 g/mol. The summed E-state index contributed by atoms with van der Waals surface area (Å²) in [6, 6.07) is 18.2. The maximum Gasteiger partial charge on any atom is 0.123 e. The number of hydrogen-bond acceptors (Lipinski definition) is 2. The molecule has 1 atom stereocenters. The van der Waals surface area contributed by atoms with E-state index >= 15 is 0 Å². The first-order valence-corrected chi connectivity index (χ1v) is 8.91. The van der Waals surface area contributed by atoms with Crippen LogP contribution in [0.25, 0.3) is 0 Å². The maximum atomic E-state index is 13.1. The highest BCUT2D eigenvalue weighted by Crippen LogP contribution is 2.19. The van der Waals surface area contributed by atoms with E-state index < -0.39 is 0 Å². The molecule has 1 unspecified atom stereocenters. The summed E-state index contributed by atoms with van der Waals surface area (Å²) in [4.78, 5) is 4.97. The first-order chi connectivity index (χ1) is 11.7. The fourth-order valence-electron chi connectivity index (χ4n) is 3.58. The fraction of sp³-hybridized carbons (Fsp3) is 0.429. The molecule has 1 saturated heterocycles. The van der Waals surface area contributed by atoms with Crippen LogP contribution >= 0.6 is 0 Å². The molecule has 0 N–H and O–H groups in total. The van der Waals surface area contributed by atoms with Gasteiger partial charge in [-0.3, -0.25) is 4.90 Å². The van der Waals surface area contributed by atoms with E-state index in [1.807, 2.05) is 12.1 Å². The molecule has 0 aromatic heterocycles. The van der Waals surface area contributed by atoms with E-state index in [2.05, 4.69) is 47.2 Å². The third-order valence-corrected chi connectivity index (χ3v) is 5.02. The van der Waals surface area contributed by atoms with Gasteiger partial charge in [-0.2, -0.15) is 0 Å². The molecule has 2 nitrogen and oxygen atoms in total. The number of rotatable bonds is 7. The van der Waals surface area contributed by atoms with Gasteiger partial charge in [0.15, 0.2) is 0 Å². The van der Waals surface area contributed by atoms with Crippen molar-refractivity contribution >= 4 is 0 Å². The summed E-state index contributed by atoms with van der Waals surface area (Å²) < 4.78 is 13.1. The van der Waals surface area contributed by atoms with Crippen molar-refractivity contribution in [1.29, 1.82) is 0 Å². The molecule has 0 amide bonds. The zero-order valence-electron chi connectivity index (χ0n) is 14.5. The zero-order valence-corrected chi connectivity index (χ0v) is 14.5. The van der Waals surface area contributed by atoms with Crippen LogP contribution in [0.1, 0.15) is 30.4 Å². The normalized spacial score (nSPS) is 18.4. The molecular weight excluding hydrogens is 299 g/mol. The van der Waals surface area contributed by atoms with Gasteiger partial charge in [-0.05, 0) is 56.1 Å². The van der Waals surface area contributed by atoms with Crippen LogP contribution in [0.15, 0.2) is 54.6 Å². The molecule has 0 aliphatic carbocycles. The summed E-state index contributed by atoms with van der Waals surface area (Å²) in [5.74, 6) is -0.166. The van der Waals surface area contributed by atoms with E-state index in [0.717, 1.165) is 19.6 Å². The second kappa shape index (κ2) is 8.41. The molecule has 0 bridgehead atoms. The zero-order chi connectivity index (χ0) is 16.8. The lowest BCUT2D eigenvalue weighted by atomic mass is 10.1. The number of likely N-dealkylation sites (tertiary alicyclic amines) is 1. The minimum Gasteiger partial charge on any atom is -0.303 e. The Morgan fingerprint density at radius 3 is 2.29 bits per heavy atom. The molecule has 3 heteroatoms. The van der Waals surface area contributed by atoms with Gasteiger partial charge in [-0.25, -0.2) is 4.39 Å². The Morgan fingerprint density at radius 2 is 1.67 bits per heavy atom. The third kappa shape index (κ3) is 4.89. The lowest BCUT2D eigenvalue weighted by Crippen LogP contribution is -2.31. The Labute approximate surface area is 144 Å². The smallest absolute Gasteiger partial charge is 0.123 e. The molecule has 1 fully saturated rings. The largest absolute Gasteiger partial charge is 0.303 e. The molecule has 24 heavy (non-hydrogen) atoms. The highest BCUT2D eigenvalue weighted by molar-refractivity contribution is 5.17. The van der Waals surface area contributed by atoms with Gasteiger partial charge in [0, 0.05) is 25.7 Å². The first-order valence-electron chi connectivity index (χ1n) is 8.91. The van der Waals surface area contributed by atoms with Crippen molar-refractivity contribution < 1.29 is 4.39 Å². The van der Waals surface area contributed by atoms with Gasteiger partial charge in [0.1, 0.15) is 5.82 Å². The lowest BCUT2D eigenvalue weighted by Gasteiger charge is -2.26. The van der Waals surface area contributed by atoms with Crippen molar-refractivity contribution in [1.82, 2.24) is 9.80 Å². The molecule has 0 radical (unpaired) electrons. The number of benzene rings is 2. The molecule has 0 saturated carbocycles. The van der Waals surface area contributed by atoms with Gasteiger partial charge >= 0.3 is 0 Å². The van der Waals surface area contributed by atoms with E-state index in [9.17, 15) is 4.39 Å². The Kier molecular flexibility index (Phi) is 6.00. The molecule has 0 spiro atoms. The van der Waals surface area contributed by atoms with Gasteiger partial charge in [0.25, 0.3) is 0 Å². The lowest BCUT2D eigenvalue weighted by molar-refractivity contribution is 0.211. The predicted octanol–water partition coefficient (Wildman–Crippen LogP) is 4.31. The van der Waals surface area contributed by atoms with E-state index in [1.54, 1.807) is 12.1 Å². The molecule has 3 rings (SSSR count). The minimum atomic E-state index is -0.166. The molecule has 128 valence electrons. The first kappa shape index (κ1) is 17.1. The van der Waals surface area contributed by atoms with Crippen LogP contribution < -0.4 is 0 Å². The Morgan fingerprint density at radius 1 is 1.00 bits per heavy atom. The van der Waals surface area contributed by atoms with Crippen LogP contribution in [0.3, 0.4) is 0 Å². The average Bonchev–Trinajstić information content (AvgIpc) is 3.01. The predicted molar refractivity (Wildman–Crippen MR) is 97.2 cm³/mol. The van der Waals surface area contributed by atoms with Crippen molar-refractivity contribution in [3.8, 4) is 0 Å². The summed E-state index contributed by atoms with van der Waals surface area (Å²) in [6.45, 7) is 4.10. The van der Waals surface area contributed by atoms with E-state index in [1.165, 1.54) is 36.9 Å². The molecular formula is C21H27FN2. The second-order valence-corrected chi connectivity index (χ2v) is 6.89. The van der Waals surface area contributed by atoms with Gasteiger partial charge in [-0.1, -0.05) is 42.5 Å². The number of halogens is 1. The van der Waals surface area contributed by atoms with Crippen molar-refractivity contribution in [3.05, 3.63) is 71.5 Å².